The normalized spacial score (nSPS) is 15.3. The van der Waals surface area contributed by atoms with E-state index in [1.165, 1.54) is 29.7 Å². The third-order valence-electron chi connectivity index (χ3n) is 5.54. The number of anilines is 1. The molecule has 0 spiro atoms. The summed E-state index contributed by atoms with van der Waals surface area (Å²) >= 11 is 0. The van der Waals surface area contributed by atoms with E-state index in [0.717, 1.165) is 31.1 Å². The predicted molar refractivity (Wildman–Crippen MR) is 116 cm³/mol. The summed E-state index contributed by atoms with van der Waals surface area (Å²) in [4.78, 5) is 2.56. The zero-order valence-corrected chi connectivity index (χ0v) is 16.5. The van der Waals surface area contributed by atoms with Crippen LogP contribution in [0.15, 0.2) is 78.9 Å². The smallest absolute Gasteiger partial charge is 0.127 e. The summed E-state index contributed by atoms with van der Waals surface area (Å²) in [6.07, 6.45) is 2.45. The largest absolute Gasteiger partial charge is 0.457 e. The highest BCUT2D eigenvalue weighted by Crippen LogP contribution is 2.30. The molecule has 1 N–H and O–H groups in total. The second-order valence-corrected chi connectivity index (χ2v) is 7.48. The molecule has 0 saturated carbocycles. The van der Waals surface area contributed by atoms with Crippen LogP contribution in [0, 0.1) is 0 Å². The maximum atomic E-state index is 5.89. The van der Waals surface area contributed by atoms with Crippen molar-refractivity contribution in [2.75, 3.05) is 25.5 Å². The lowest BCUT2D eigenvalue weighted by molar-refractivity contribution is 0.204. The van der Waals surface area contributed by atoms with Crippen LogP contribution in [0.2, 0.25) is 0 Å². The molecule has 1 fully saturated rings. The van der Waals surface area contributed by atoms with Crippen LogP contribution in [-0.2, 0) is 6.54 Å². The molecule has 3 aromatic rings. The second kappa shape index (κ2) is 8.94. The van der Waals surface area contributed by atoms with Crippen LogP contribution in [0.25, 0.3) is 0 Å². The van der Waals surface area contributed by atoms with Gasteiger partial charge in [-0.2, -0.15) is 0 Å². The lowest BCUT2D eigenvalue weighted by Gasteiger charge is -2.32. The van der Waals surface area contributed by atoms with Crippen LogP contribution in [0.3, 0.4) is 0 Å². The van der Waals surface area contributed by atoms with Gasteiger partial charge in [0.15, 0.2) is 0 Å². The molecule has 3 aromatic carbocycles. The fraction of sp³-hybridized carbons (Fsp3) is 0.280. The van der Waals surface area contributed by atoms with Crippen LogP contribution in [0.5, 0.6) is 11.5 Å². The SMILES string of the molecule is CNc1cccc(C2CCN(Cc3ccc(Oc4ccccc4)cc3)CC2)c1. The summed E-state index contributed by atoms with van der Waals surface area (Å²) in [6.45, 7) is 3.31. The van der Waals surface area contributed by atoms with Crippen LogP contribution in [-0.4, -0.2) is 25.0 Å². The van der Waals surface area contributed by atoms with Gasteiger partial charge in [-0.1, -0.05) is 42.5 Å². The van der Waals surface area contributed by atoms with Crippen molar-refractivity contribution in [3.8, 4) is 11.5 Å². The van der Waals surface area contributed by atoms with Crippen LogP contribution < -0.4 is 10.1 Å². The number of nitrogens with one attached hydrogen (secondary N) is 1. The molecule has 1 aliphatic heterocycles. The zero-order chi connectivity index (χ0) is 19.2. The highest BCUT2D eigenvalue weighted by molar-refractivity contribution is 5.46. The second-order valence-electron chi connectivity index (χ2n) is 7.48. The van der Waals surface area contributed by atoms with Crippen LogP contribution >= 0.6 is 0 Å². The van der Waals surface area contributed by atoms with Crippen molar-refractivity contribution in [3.63, 3.8) is 0 Å². The number of rotatable bonds is 6. The first-order valence-electron chi connectivity index (χ1n) is 10.1. The fourth-order valence-corrected chi connectivity index (χ4v) is 3.92. The van der Waals surface area contributed by atoms with E-state index in [1.807, 2.05) is 37.4 Å². The number of hydrogen-bond acceptors (Lipinski definition) is 3. The fourth-order valence-electron chi connectivity index (χ4n) is 3.92. The first-order chi connectivity index (χ1) is 13.8. The Labute approximate surface area is 168 Å². The summed E-state index contributed by atoms with van der Waals surface area (Å²) < 4.78 is 5.89. The molecule has 0 bridgehead atoms. The van der Waals surface area contributed by atoms with Gasteiger partial charge in [0.1, 0.15) is 11.5 Å². The first-order valence-corrected chi connectivity index (χ1v) is 10.1. The standard InChI is InChI=1S/C25H28N2O/c1-26-23-7-5-6-22(18-23)21-14-16-27(17-15-21)19-20-10-12-25(13-11-20)28-24-8-3-2-4-9-24/h2-13,18,21,26H,14-17,19H2,1H3. The van der Waals surface area contributed by atoms with E-state index in [0.29, 0.717) is 5.92 Å². The minimum Gasteiger partial charge on any atom is -0.457 e. The predicted octanol–water partition coefficient (Wildman–Crippen LogP) is 5.90. The number of piperidine rings is 1. The molecule has 3 heteroatoms. The van der Waals surface area contributed by atoms with E-state index >= 15 is 0 Å². The summed E-state index contributed by atoms with van der Waals surface area (Å²) in [5.74, 6) is 2.43. The number of para-hydroxylation sites is 1. The lowest BCUT2D eigenvalue weighted by Crippen LogP contribution is -2.32. The van der Waals surface area contributed by atoms with Gasteiger partial charge in [0, 0.05) is 19.3 Å². The van der Waals surface area contributed by atoms with Gasteiger partial charge < -0.3 is 10.1 Å². The van der Waals surface area contributed by atoms with E-state index < -0.39 is 0 Å². The molecule has 1 heterocycles. The molecule has 144 valence electrons. The van der Waals surface area contributed by atoms with Gasteiger partial charge in [-0.3, -0.25) is 4.90 Å². The molecule has 4 rings (SSSR count). The van der Waals surface area contributed by atoms with E-state index in [1.54, 1.807) is 0 Å². The quantitative estimate of drug-likeness (QED) is 0.583. The van der Waals surface area contributed by atoms with E-state index in [9.17, 15) is 0 Å². The van der Waals surface area contributed by atoms with Gasteiger partial charge in [-0.05, 0) is 79.4 Å². The Hall–Kier alpha value is -2.78. The molecular formula is C25H28N2O. The van der Waals surface area contributed by atoms with Crippen LogP contribution in [0.1, 0.15) is 29.9 Å². The lowest BCUT2D eigenvalue weighted by atomic mass is 9.89. The Morgan fingerprint density at radius 1 is 0.857 bits per heavy atom. The molecule has 0 unspecified atom stereocenters. The molecule has 0 radical (unpaired) electrons. The first kappa shape index (κ1) is 18.6. The van der Waals surface area contributed by atoms with Gasteiger partial charge in [-0.15, -0.1) is 0 Å². The average molecular weight is 373 g/mol. The van der Waals surface area contributed by atoms with E-state index in [2.05, 4.69) is 58.7 Å². The highest BCUT2D eigenvalue weighted by atomic mass is 16.5. The highest BCUT2D eigenvalue weighted by Gasteiger charge is 2.20. The Morgan fingerprint density at radius 3 is 2.29 bits per heavy atom. The van der Waals surface area contributed by atoms with Crippen LogP contribution in [0.4, 0.5) is 5.69 Å². The Balaban J connectivity index is 1.30. The molecule has 1 saturated heterocycles. The van der Waals surface area contributed by atoms with E-state index in [4.69, 9.17) is 4.74 Å². The van der Waals surface area contributed by atoms with Crippen molar-refractivity contribution in [2.24, 2.45) is 0 Å². The maximum absolute atomic E-state index is 5.89. The van der Waals surface area contributed by atoms with Crippen molar-refractivity contribution in [3.05, 3.63) is 90.0 Å². The van der Waals surface area contributed by atoms with Crippen molar-refractivity contribution in [1.82, 2.24) is 4.90 Å². The number of benzene rings is 3. The Kier molecular flexibility index (Phi) is 5.93. The van der Waals surface area contributed by atoms with Gasteiger partial charge in [0.25, 0.3) is 0 Å². The molecule has 3 nitrogen and oxygen atoms in total. The number of ether oxygens (including phenoxy) is 1. The summed E-state index contributed by atoms with van der Waals surface area (Å²) in [6, 6.07) is 27.3. The molecule has 1 aliphatic rings. The average Bonchev–Trinajstić information content (AvgIpc) is 2.76. The van der Waals surface area contributed by atoms with E-state index in [-0.39, 0.29) is 0 Å². The molecule has 0 aliphatic carbocycles. The van der Waals surface area contributed by atoms with Crippen molar-refractivity contribution in [2.45, 2.75) is 25.3 Å². The molecular weight excluding hydrogens is 344 g/mol. The third-order valence-corrected chi connectivity index (χ3v) is 5.54. The molecule has 0 amide bonds. The van der Waals surface area contributed by atoms with Gasteiger partial charge in [0.2, 0.25) is 0 Å². The zero-order valence-electron chi connectivity index (χ0n) is 16.5. The maximum Gasteiger partial charge on any atom is 0.127 e. The topological polar surface area (TPSA) is 24.5 Å². The van der Waals surface area contributed by atoms with Gasteiger partial charge in [0.05, 0.1) is 0 Å². The summed E-state index contributed by atoms with van der Waals surface area (Å²) in [7, 11) is 1.98. The number of likely N-dealkylation sites (tertiary alicyclic amines) is 1. The van der Waals surface area contributed by atoms with Crippen molar-refractivity contribution in [1.29, 1.82) is 0 Å². The molecule has 0 atom stereocenters. The third kappa shape index (κ3) is 4.73. The van der Waals surface area contributed by atoms with Crippen molar-refractivity contribution < 1.29 is 4.74 Å². The minimum absolute atomic E-state index is 0.672. The van der Waals surface area contributed by atoms with Gasteiger partial charge >= 0.3 is 0 Å². The van der Waals surface area contributed by atoms with Crippen molar-refractivity contribution >= 4 is 5.69 Å². The monoisotopic (exact) mass is 372 g/mol. The molecule has 0 aromatic heterocycles. The molecule has 28 heavy (non-hydrogen) atoms. The Bertz CT molecular complexity index is 869. The van der Waals surface area contributed by atoms with Gasteiger partial charge in [-0.25, -0.2) is 0 Å². The summed E-state index contributed by atoms with van der Waals surface area (Å²) in [5, 5.41) is 3.25. The Morgan fingerprint density at radius 2 is 1.57 bits per heavy atom. The number of hydrogen-bond donors (Lipinski definition) is 1. The summed E-state index contributed by atoms with van der Waals surface area (Å²) in [5.41, 5.74) is 4.02. The number of nitrogens with zero attached hydrogens (tertiary/aromatic N) is 1. The minimum atomic E-state index is 0.672.